The maximum atomic E-state index is 11.5. The fourth-order valence-corrected chi connectivity index (χ4v) is 1.49. The lowest BCUT2D eigenvalue weighted by atomic mass is 10.2. The second-order valence-electron chi connectivity index (χ2n) is 3.91. The van der Waals surface area contributed by atoms with Crippen LogP contribution in [0.25, 0.3) is 0 Å². The van der Waals surface area contributed by atoms with E-state index in [-0.39, 0.29) is 11.6 Å². The quantitative estimate of drug-likeness (QED) is 0.748. The van der Waals surface area contributed by atoms with Crippen molar-refractivity contribution in [3.05, 3.63) is 22.1 Å². The number of carbonyl (C=O) groups is 1. The molecule has 0 fully saturated rings. The summed E-state index contributed by atoms with van der Waals surface area (Å²) in [5.41, 5.74) is 0.370. The molecule has 1 aromatic heterocycles. The van der Waals surface area contributed by atoms with Crippen LogP contribution in [0.2, 0.25) is 0 Å². The molecule has 0 aliphatic carbocycles. The van der Waals surface area contributed by atoms with Crippen molar-refractivity contribution in [3.8, 4) is 0 Å². The van der Waals surface area contributed by atoms with Crippen molar-refractivity contribution in [2.24, 2.45) is 0 Å². The maximum absolute atomic E-state index is 11.5. The van der Waals surface area contributed by atoms with Gasteiger partial charge in [0.1, 0.15) is 0 Å². The van der Waals surface area contributed by atoms with Gasteiger partial charge in [-0.1, -0.05) is 26.2 Å². The first-order chi connectivity index (χ1) is 7.65. The summed E-state index contributed by atoms with van der Waals surface area (Å²) in [6.45, 7) is 4.50. The first-order valence-corrected chi connectivity index (χ1v) is 5.72. The molecule has 0 radical (unpaired) electrons. The van der Waals surface area contributed by atoms with Crippen LogP contribution in [0.5, 0.6) is 0 Å². The van der Waals surface area contributed by atoms with Gasteiger partial charge in [-0.3, -0.25) is 9.89 Å². The van der Waals surface area contributed by atoms with E-state index in [1.54, 1.807) is 6.92 Å². The van der Waals surface area contributed by atoms with E-state index < -0.39 is 0 Å². The van der Waals surface area contributed by atoms with Crippen molar-refractivity contribution < 1.29 is 4.79 Å². The lowest BCUT2D eigenvalue weighted by Gasteiger charge is -2.04. The standard InChI is InChI=1S/C11H19N3O2/c1-3-4-5-6-7-12-11(16)14-10(15)8-9(2)13-14/h8,13H,3-7H2,1-2H3,(H,12,16). The van der Waals surface area contributed by atoms with Crippen LogP contribution in [-0.4, -0.2) is 22.4 Å². The highest BCUT2D eigenvalue weighted by molar-refractivity contribution is 5.75. The number of aromatic amines is 1. The normalized spacial score (nSPS) is 10.4. The number of amides is 1. The van der Waals surface area contributed by atoms with Crippen molar-refractivity contribution in [3.63, 3.8) is 0 Å². The topological polar surface area (TPSA) is 66.9 Å². The fourth-order valence-electron chi connectivity index (χ4n) is 1.49. The molecule has 0 saturated carbocycles. The van der Waals surface area contributed by atoms with Crippen LogP contribution in [0, 0.1) is 6.92 Å². The Hall–Kier alpha value is -1.52. The van der Waals surface area contributed by atoms with Gasteiger partial charge in [0.2, 0.25) is 0 Å². The summed E-state index contributed by atoms with van der Waals surface area (Å²) >= 11 is 0. The number of aromatic nitrogens is 2. The molecular formula is C11H19N3O2. The van der Waals surface area contributed by atoms with Crippen LogP contribution >= 0.6 is 0 Å². The zero-order chi connectivity index (χ0) is 12.0. The van der Waals surface area contributed by atoms with E-state index in [9.17, 15) is 9.59 Å². The lowest BCUT2D eigenvalue weighted by molar-refractivity contribution is 0.238. The van der Waals surface area contributed by atoms with Gasteiger partial charge in [-0.15, -0.1) is 0 Å². The van der Waals surface area contributed by atoms with Gasteiger partial charge < -0.3 is 5.32 Å². The van der Waals surface area contributed by atoms with Gasteiger partial charge >= 0.3 is 6.03 Å². The molecule has 1 amide bonds. The number of carbonyl (C=O) groups excluding carboxylic acids is 1. The number of H-pyrrole nitrogens is 1. The van der Waals surface area contributed by atoms with Gasteiger partial charge in [-0.05, 0) is 13.3 Å². The van der Waals surface area contributed by atoms with Gasteiger partial charge in [0, 0.05) is 18.3 Å². The molecule has 16 heavy (non-hydrogen) atoms. The van der Waals surface area contributed by atoms with Crippen LogP contribution in [0.4, 0.5) is 4.79 Å². The molecule has 5 nitrogen and oxygen atoms in total. The van der Waals surface area contributed by atoms with E-state index in [0.29, 0.717) is 12.2 Å². The van der Waals surface area contributed by atoms with Gasteiger partial charge in [-0.25, -0.2) is 4.79 Å². The fraction of sp³-hybridized carbons (Fsp3) is 0.636. The highest BCUT2D eigenvalue weighted by Gasteiger charge is 2.07. The minimum Gasteiger partial charge on any atom is -0.336 e. The summed E-state index contributed by atoms with van der Waals surface area (Å²) in [6.07, 6.45) is 4.41. The van der Waals surface area contributed by atoms with Gasteiger partial charge in [0.15, 0.2) is 0 Å². The van der Waals surface area contributed by atoms with E-state index in [4.69, 9.17) is 0 Å². The van der Waals surface area contributed by atoms with Crippen LogP contribution in [0.1, 0.15) is 38.3 Å². The number of aryl methyl sites for hydroxylation is 1. The van der Waals surface area contributed by atoms with Gasteiger partial charge in [0.25, 0.3) is 5.56 Å². The third kappa shape index (κ3) is 3.56. The minimum absolute atomic E-state index is 0.316. The summed E-state index contributed by atoms with van der Waals surface area (Å²) in [5, 5.41) is 5.39. The monoisotopic (exact) mass is 225 g/mol. The maximum Gasteiger partial charge on any atom is 0.343 e. The van der Waals surface area contributed by atoms with Crippen molar-refractivity contribution in [1.82, 2.24) is 15.1 Å². The van der Waals surface area contributed by atoms with E-state index >= 15 is 0 Å². The van der Waals surface area contributed by atoms with Crippen LogP contribution in [0.15, 0.2) is 10.9 Å². The van der Waals surface area contributed by atoms with Gasteiger partial charge in [-0.2, -0.15) is 4.68 Å². The molecule has 1 rings (SSSR count). The summed E-state index contributed by atoms with van der Waals surface area (Å²) in [4.78, 5) is 22.8. The molecule has 1 heterocycles. The Morgan fingerprint density at radius 2 is 2.19 bits per heavy atom. The smallest absolute Gasteiger partial charge is 0.336 e. The lowest BCUT2D eigenvalue weighted by Crippen LogP contribution is -2.35. The highest BCUT2D eigenvalue weighted by atomic mass is 16.2. The number of hydrogen-bond donors (Lipinski definition) is 2. The molecular weight excluding hydrogens is 206 g/mol. The Balaban J connectivity index is 2.36. The molecule has 2 N–H and O–H groups in total. The number of hydrogen-bond acceptors (Lipinski definition) is 2. The van der Waals surface area contributed by atoms with Crippen LogP contribution < -0.4 is 10.9 Å². The molecule has 0 atom stereocenters. The zero-order valence-corrected chi connectivity index (χ0v) is 9.88. The first-order valence-electron chi connectivity index (χ1n) is 5.72. The third-order valence-electron chi connectivity index (χ3n) is 2.36. The Morgan fingerprint density at radius 1 is 1.44 bits per heavy atom. The molecule has 5 heteroatoms. The average Bonchev–Trinajstić information content (AvgIpc) is 2.57. The summed E-state index contributed by atoms with van der Waals surface area (Å²) < 4.78 is 0.995. The Morgan fingerprint density at radius 3 is 2.75 bits per heavy atom. The third-order valence-corrected chi connectivity index (χ3v) is 2.36. The van der Waals surface area contributed by atoms with Crippen LogP contribution in [-0.2, 0) is 0 Å². The van der Waals surface area contributed by atoms with Crippen molar-refractivity contribution in [2.75, 3.05) is 6.54 Å². The minimum atomic E-state index is -0.380. The van der Waals surface area contributed by atoms with E-state index in [1.807, 2.05) is 0 Å². The number of nitrogens with one attached hydrogen (secondary N) is 2. The Bertz CT molecular complexity index is 392. The molecule has 0 spiro atoms. The second-order valence-corrected chi connectivity index (χ2v) is 3.91. The van der Waals surface area contributed by atoms with Gasteiger partial charge in [0.05, 0.1) is 0 Å². The molecule has 0 aliphatic rings. The molecule has 0 aromatic carbocycles. The van der Waals surface area contributed by atoms with Crippen molar-refractivity contribution in [1.29, 1.82) is 0 Å². The predicted molar refractivity (Wildman–Crippen MR) is 62.7 cm³/mol. The van der Waals surface area contributed by atoms with E-state index in [2.05, 4.69) is 17.3 Å². The predicted octanol–water partition coefficient (Wildman–Crippen LogP) is 1.62. The Labute approximate surface area is 94.8 Å². The summed E-state index contributed by atoms with van der Waals surface area (Å²) in [7, 11) is 0. The molecule has 1 aromatic rings. The van der Waals surface area contributed by atoms with Crippen LogP contribution in [0.3, 0.4) is 0 Å². The van der Waals surface area contributed by atoms with E-state index in [0.717, 1.165) is 17.5 Å². The number of unbranched alkanes of at least 4 members (excludes halogenated alkanes) is 3. The molecule has 90 valence electrons. The summed E-state index contributed by atoms with van der Waals surface area (Å²) in [6, 6.07) is 1.02. The SMILES string of the molecule is CCCCCCNC(=O)n1[nH]c(C)cc1=O. The van der Waals surface area contributed by atoms with Crippen molar-refractivity contribution in [2.45, 2.75) is 39.5 Å². The molecule has 0 unspecified atom stereocenters. The molecule has 0 bridgehead atoms. The van der Waals surface area contributed by atoms with E-state index in [1.165, 1.54) is 18.9 Å². The number of nitrogens with zero attached hydrogens (tertiary/aromatic N) is 1. The largest absolute Gasteiger partial charge is 0.343 e. The molecule has 0 aliphatic heterocycles. The molecule has 0 saturated heterocycles. The Kier molecular flexibility index (Phi) is 4.82. The average molecular weight is 225 g/mol. The second kappa shape index (κ2) is 6.15. The van der Waals surface area contributed by atoms with Crippen molar-refractivity contribution >= 4 is 6.03 Å². The first kappa shape index (κ1) is 12.5. The summed E-state index contributed by atoms with van der Waals surface area (Å²) in [5.74, 6) is 0. The number of rotatable bonds is 5. The highest BCUT2D eigenvalue weighted by Crippen LogP contribution is 1.97. The zero-order valence-electron chi connectivity index (χ0n) is 9.88.